The standard InChI is InChI=1S/C16H17ClN2O4/c17-8-13(20)11-3-4-14-12(7-11)19(16(22)10-23-14)9-15(21)18-5-1-2-6-18/h3-4,7H,1-2,5-6,8-10H2. The van der Waals surface area contributed by atoms with Crippen molar-refractivity contribution in [2.24, 2.45) is 0 Å². The van der Waals surface area contributed by atoms with Crippen molar-refractivity contribution in [2.45, 2.75) is 12.8 Å². The molecule has 23 heavy (non-hydrogen) atoms. The Morgan fingerprint density at radius 2 is 1.96 bits per heavy atom. The second kappa shape index (κ2) is 6.58. The van der Waals surface area contributed by atoms with Crippen molar-refractivity contribution in [3.05, 3.63) is 23.8 Å². The van der Waals surface area contributed by atoms with Gasteiger partial charge in [-0.1, -0.05) is 0 Å². The van der Waals surface area contributed by atoms with Crippen molar-refractivity contribution in [3.63, 3.8) is 0 Å². The summed E-state index contributed by atoms with van der Waals surface area (Å²) < 4.78 is 5.38. The smallest absolute Gasteiger partial charge is 0.265 e. The Kier molecular flexibility index (Phi) is 4.52. The normalized spacial score (nSPS) is 17.0. The largest absolute Gasteiger partial charge is 0.482 e. The van der Waals surface area contributed by atoms with Crippen molar-refractivity contribution in [1.29, 1.82) is 0 Å². The number of ketones is 1. The average molecular weight is 337 g/mol. The van der Waals surface area contributed by atoms with Crippen LogP contribution in [0.3, 0.4) is 0 Å². The predicted molar refractivity (Wildman–Crippen MR) is 85.2 cm³/mol. The fourth-order valence-corrected chi connectivity index (χ4v) is 2.98. The summed E-state index contributed by atoms with van der Waals surface area (Å²) in [7, 11) is 0. The number of carbonyl (C=O) groups excluding carboxylic acids is 3. The number of fused-ring (bicyclic) bond motifs is 1. The first kappa shape index (κ1) is 15.8. The molecular formula is C16H17ClN2O4. The van der Waals surface area contributed by atoms with Crippen molar-refractivity contribution in [2.75, 3.05) is 37.0 Å². The van der Waals surface area contributed by atoms with E-state index in [2.05, 4.69) is 0 Å². The lowest BCUT2D eigenvalue weighted by molar-refractivity contribution is -0.131. The van der Waals surface area contributed by atoms with Crippen LogP contribution < -0.4 is 9.64 Å². The fourth-order valence-electron chi connectivity index (χ4n) is 2.83. The van der Waals surface area contributed by atoms with Crippen LogP contribution in [0.15, 0.2) is 18.2 Å². The number of likely N-dealkylation sites (tertiary alicyclic amines) is 1. The molecule has 1 aromatic rings. The molecule has 1 fully saturated rings. The lowest BCUT2D eigenvalue weighted by atomic mass is 10.1. The highest BCUT2D eigenvalue weighted by atomic mass is 35.5. The molecule has 0 N–H and O–H groups in total. The molecule has 0 saturated carbocycles. The summed E-state index contributed by atoms with van der Waals surface area (Å²) in [6, 6.07) is 4.81. The lowest BCUT2D eigenvalue weighted by Crippen LogP contribution is -2.45. The van der Waals surface area contributed by atoms with E-state index >= 15 is 0 Å². The first-order chi connectivity index (χ1) is 11.1. The number of nitrogens with zero attached hydrogens (tertiary/aromatic N) is 2. The van der Waals surface area contributed by atoms with Gasteiger partial charge in [-0.15, -0.1) is 11.6 Å². The molecule has 2 aliphatic heterocycles. The van der Waals surface area contributed by atoms with Crippen LogP contribution in [0.5, 0.6) is 5.75 Å². The molecule has 1 saturated heterocycles. The quantitative estimate of drug-likeness (QED) is 0.616. The number of anilines is 1. The van der Waals surface area contributed by atoms with Crippen LogP contribution in [0.2, 0.25) is 0 Å². The molecule has 0 radical (unpaired) electrons. The Balaban J connectivity index is 1.87. The molecule has 0 spiro atoms. The van der Waals surface area contributed by atoms with Gasteiger partial charge >= 0.3 is 0 Å². The van der Waals surface area contributed by atoms with Crippen LogP contribution in [0, 0.1) is 0 Å². The first-order valence-electron chi connectivity index (χ1n) is 7.54. The minimum absolute atomic E-state index is 0.0340. The molecule has 6 nitrogen and oxygen atoms in total. The van der Waals surface area contributed by atoms with E-state index in [1.807, 2.05) is 0 Å². The van der Waals surface area contributed by atoms with Crippen molar-refractivity contribution < 1.29 is 19.1 Å². The monoisotopic (exact) mass is 336 g/mol. The Labute approximate surface area is 138 Å². The molecule has 2 amide bonds. The molecule has 0 aliphatic carbocycles. The van der Waals surface area contributed by atoms with Crippen LogP contribution in [-0.4, -0.2) is 54.6 Å². The number of hydrogen-bond donors (Lipinski definition) is 0. The summed E-state index contributed by atoms with van der Waals surface area (Å²) in [6.45, 7) is 1.32. The molecule has 0 bridgehead atoms. The molecule has 2 aliphatic rings. The summed E-state index contributed by atoms with van der Waals surface area (Å²) in [5, 5.41) is 0. The summed E-state index contributed by atoms with van der Waals surface area (Å²) in [4.78, 5) is 39.4. The van der Waals surface area contributed by atoms with E-state index in [-0.39, 0.29) is 36.6 Å². The minimum Gasteiger partial charge on any atom is -0.482 e. The molecule has 1 aromatic carbocycles. The van der Waals surface area contributed by atoms with Crippen molar-refractivity contribution in [3.8, 4) is 5.75 Å². The van der Waals surface area contributed by atoms with Gasteiger partial charge in [-0.3, -0.25) is 19.3 Å². The van der Waals surface area contributed by atoms with Gasteiger partial charge in [0.05, 0.1) is 11.6 Å². The predicted octanol–water partition coefficient (Wildman–Crippen LogP) is 1.46. The van der Waals surface area contributed by atoms with Crippen LogP contribution in [0.25, 0.3) is 0 Å². The number of carbonyl (C=O) groups is 3. The second-order valence-corrected chi connectivity index (χ2v) is 5.86. The number of halogens is 1. The molecule has 0 unspecified atom stereocenters. The van der Waals surface area contributed by atoms with Gasteiger partial charge in [0, 0.05) is 18.7 Å². The molecule has 0 aromatic heterocycles. The van der Waals surface area contributed by atoms with Crippen molar-refractivity contribution in [1.82, 2.24) is 4.90 Å². The Hall–Kier alpha value is -2.08. The maximum atomic E-state index is 12.3. The minimum atomic E-state index is -0.291. The fraction of sp³-hybridized carbons (Fsp3) is 0.438. The molecule has 0 atom stereocenters. The SMILES string of the molecule is O=C(CCl)c1ccc2c(c1)N(CC(=O)N1CCCC1)C(=O)CO2. The zero-order chi connectivity index (χ0) is 16.4. The molecule has 3 rings (SSSR count). The highest BCUT2D eigenvalue weighted by Gasteiger charge is 2.30. The summed E-state index contributed by atoms with van der Waals surface area (Å²) in [5.41, 5.74) is 0.848. The van der Waals surface area contributed by atoms with Gasteiger partial charge < -0.3 is 9.64 Å². The van der Waals surface area contributed by atoms with Gasteiger partial charge in [-0.05, 0) is 31.0 Å². The summed E-state index contributed by atoms with van der Waals surface area (Å²) >= 11 is 5.58. The third-order valence-corrected chi connectivity index (χ3v) is 4.34. The molecule has 122 valence electrons. The molecule has 7 heteroatoms. The number of alkyl halides is 1. The number of benzene rings is 1. The number of ether oxygens (including phenoxy) is 1. The Morgan fingerprint density at radius 3 is 2.65 bits per heavy atom. The average Bonchev–Trinajstić information content (AvgIpc) is 3.11. The number of hydrogen-bond acceptors (Lipinski definition) is 4. The van der Waals surface area contributed by atoms with Gasteiger partial charge in [0.2, 0.25) is 5.91 Å². The van der Waals surface area contributed by atoms with E-state index < -0.39 is 0 Å². The number of rotatable bonds is 4. The van der Waals surface area contributed by atoms with Gasteiger partial charge in [0.15, 0.2) is 12.4 Å². The summed E-state index contributed by atoms with van der Waals surface area (Å²) in [6.07, 6.45) is 1.99. The first-order valence-corrected chi connectivity index (χ1v) is 8.08. The van der Waals surface area contributed by atoms with Crippen molar-refractivity contribution >= 4 is 34.9 Å². The zero-order valence-electron chi connectivity index (χ0n) is 12.6. The van der Waals surface area contributed by atoms with E-state index in [1.165, 1.54) is 4.90 Å². The van der Waals surface area contributed by atoms with Gasteiger partial charge in [0.25, 0.3) is 5.91 Å². The van der Waals surface area contributed by atoms with Crippen LogP contribution >= 0.6 is 11.6 Å². The topological polar surface area (TPSA) is 66.9 Å². The third kappa shape index (κ3) is 3.17. The second-order valence-electron chi connectivity index (χ2n) is 5.60. The summed E-state index contributed by atoms with van der Waals surface area (Å²) in [5.74, 6) is -0.262. The van der Waals surface area contributed by atoms with Gasteiger partial charge in [-0.25, -0.2) is 0 Å². The number of amides is 2. The van der Waals surface area contributed by atoms with E-state index in [0.29, 0.717) is 17.0 Å². The maximum Gasteiger partial charge on any atom is 0.265 e. The van der Waals surface area contributed by atoms with Gasteiger partial charge in [0.1, 0.15) is 12.3 Å². The van der Waals surface area contributed by atoms with E-state index in [9.17, 15) is 14.4 Å². The lowest BCUT2D eigenvalue weighted by Gasteiger charge is -2.30. The number of Topliss-reactive ketones (excluding diaryl/α,β-unsaturated/α-hetero) is 1. The molecular weight excluding hydrogens is 320 g/mol. The third-order valence-electron chi connectivity index (χ3n) is 4.10. The van der Waals surface area contributed by atoms with Crippen LogP contribution in [0.4, 0.5) is 5.69 Å². The van der Waals surface area contributed by atoms with E-state index in [4.69, 9.17) is 16.3 Å². The van der Waals surface area contributed by atoms with Crippen LogP contribution in [0.1, 0.15) is 23.2 Å². The van der Waals surface area contributed by atoms with Crippen LogP contribution in [-0.2, 0) is 9.59 Å². The highest BCUT2D eigenvalue weighted by Crippen LogP contribution is 2.33. The maximum absolute atomic E-state index is 12.3. The molecule has 2 heterocycles. The highest BCUT2D eigenvalue weighted by molar-refractivity contribution is 6.30. The Bertz CT molecular complexity index is 655. The van der Waals surface area contributed by atoms with E-state index in [0.717, 1.165) is 25.9 Å². The Morgan fingerprint density at radius 1 is 1.22 bits per heavy atom. The van der Waals surface area contributed by atoms with Gasteiger partial charge in [-0.2, -0.15) is 0 Å². The zero-order valence-corrected chi connectivity index (χ0v) is 13.3. The van der Waals surface area contributed by atoms with E-state index in [1.54, 1.807) is 23.1 Å².